The Morgan fingerprint density at radius 2 is 1.75 bits per heavy atom. The molecule has 0 spiro atoms. The fraction of sp³-hybridized carbons (Fsp3) is 1.00. The zero-order chi connectivity index (χ0) is 9.78. The number of hydrogen-bond acceptors (Lipinski definition) is 2. The lowest BCUT2D eigenvalue weighted by Crippen LogP contribution is -2.24. The Labute approximate surface area is 75.6 Å². The highest BCUT2D eigenvalue weighted by atomic mass is 16.3. The summed E-state index contributed by atoms with van der Waals surface area (Å²) in [5.41, 5.74) is -0.145. The average molecular weight is 174 g/mol. The molecule has 1 unspecified atom stereocenters. The van der Waals surface area contributed by atoms with E-state index in [1.165, 1.54) is 0 Å². The van der Waals surface area contributed by atoms with Crippen molar-refractivity contribution in [2.75, 3.05) is 6.61 Å². The first-order valence-electron chi connectivity index (χ1n) is 4.66. The quantitative estimate of drug-likeness (QED) is 0.667. The van der Waals surface area contributed by atoms with Crippen molar-refractivity contribution in [3.8, 4) is 0 Å². The van der Waals surface area contributed by atoms with E-state index in [1.54, 1.807) is 0 Å². The largest absolute Gasteiger partial charge is 0.396 e. The second-order valence-electron chi connectivity index (χ2n) is 4.81. The van der Waals surface area contributed by atoms with E-state index in [0.29, 0.717) is 12.3 Å². The Kier molecular flexibility index (Phi) is 4.80. The van der Waals surface area contributed by atoms with Crippen molar-refractivity contribution in [1.82, 2.24) is 0 Å². The zero-order valence-electron chi connectivity index (χ0n) is 8.67. The summed E-state index contributed by atoms with van der Waals surface area (Å²) in [6.07, 6.45) is 1.23. The van der Waals surface area contributed by atoms with Gasteiger partial charge in [-0.05, 0) is 24.2 Å². The van der Waals surface area contributed by atoms with Crippen LogP contribution in [0.25, 0.3) is 0 Å². The summed E-state index contributed by atoms with van der Waals surface area (Å²) in [6, 6.07) is 0. The van der Waals surface area contributed by atoms with Gasteiger partial charge in [-0.15, -0.1) is 0 Å². The van der Waals surface area contributed by atoms with E-state index in [2.05, 4.69) is 13.8 Å². The maximum absolute atomic E-state index is 9.58. The highest BCUT2D eigenvalue weighted by Crippen LogP contribution is 2.23. The topological polar surface area (TPSA) is 40.5 Å². The second kappa shape index (κ2) is 4.83. The van der Waals surface area contributed by atoms with E-state index in [0.717, 1.165) is 6.42 Å². The minimum absolute atomic E-state index is 0.141. The van der Waals surface area contributed by atoms with Crippen molar-refractivity contribution >= 4 is 0 Å². The molecular weight excluding hydrogens is 152 g/mol. The summed E-state index contributed by atoms with van der Waals surface area (Å²) in [5, 5.41) is 18.5. The van der Waals surface area contributed by atoms with E-state index < -0.39 is 0 Å². The van der Waals surface area contributed by atoms with E-state index in [9.17, 15) is 5.11 Å². The van der Waals surface area contributed by atoms with Crippen LogP contribution in [0, 0.1) is 11.3 Å². The van der Waals surface area contributed by atoms with E-state index >= 15 is 0 Å². The molecule has 74 valence electrons. The molecule has 0 radical (unpaired) electrons. The van der Waals surface area contributed by atoms with Crippen molar-refractivity contribution < 1.29 is 10.2 Å². The van der Waals surface area contributed by atoms with Crippen LogP contribution in [-0.2, 0) is 0 Å². The summed E-state index contributed by atoms with van der Waals surface area (Å²) in [5.74, 6) is 0.523. The third-order valence-corrected chi connectivity index (χ3v) is 1.96. The molecule has 2 heteroatoms. The highest BCUT2D eigenvalue weighted by Gasteiger charge is 2.21. The molecule has 0 saturated carbocycles. The molecule has 0 aliphatic heterocycles. The van der Waals surface area contributed by atoms with Crippen LogP contribution in [0.15, 0.2) is 0 Å². The third-order valence-electron chi connectivity index (χ3n) is 1.96. The van der Waals surface area contributed by atoms with Gasteiger partial charge in [-0.1, -0.05) is 27.7 Å². The van der Waals surface area contributed by atoms with E-state index in [-0.39, 0.29) is 18.1 Å². The van der Waals surface area contributed by atoms with Gasteiger partial charge in [-0.25, -0.2) is 0 Å². The third kappa shape index (κ3) is 5.56. The lowest BCUT2D eigenvalue weighted by molar-refractivity contribution is 0.0610. The predicted molar refractivity (Wildman–Crippen MR) is 50.9 cm³/mol. The van der Waals surface area contributed by atoms with Crippen LogP contribution in [0.4, 0.5) is 0 Å². The van der Waals surface area contributed by atoms with Crippen molar-refractivity contribution in [3.05, 3.63) is 0 Å². The maximum atomic E-state index is 9.58. The molecule has 12 heavy (non-hydrogen) atoms. The summed E-state index contributed by atoms with van der Waals surface area (Å²) >= 11 is 0. The molecule has 0 aromatic heterocycles. The molecule has 2 N–H and O–H groups in total. The highest BCUT2D eigenvalue weighted by molar-refractivity contribution is 4.72. The summed E-state index contributed by atoms with van der Waals surface area (Å²) in [6.45, 7) is 8.26. The molecule has 0 bridgehead atoms. The van der Waals surface area contributed by atoms with Gasteiger partial charge < -0.3 is 10.2 Å². The SMILES string of the molecule is CC(C)CC(O)CC(C)(C)CO. The Bertz CT molecular complexity index is 119. The lowest BCUT2D eigenvalue weighted by atomic mass is 9.85. The number of aliphatic hydroxyl groups is 2. The molecule has 0 rings (SSSR count). The first-order valence-corrected chi connectivity index (χ1v) is 4.66. The van der Waals surface area contributed by atoms with Crippen LogP contribution in [0.3, 0.4) is 0 Å². The minimum atomic E-state index is -0.271. The van der Waals surface area contributed by atoms with Crippen LogP contribution < -0.4 is 0 Å². The fourth-order valence-corrected chi connectivity index (χ4v) is 1.33. The van der Waals surface area contributed by atoms with Crippen LogP contribution in [0.2, 0.25) is 0 Å². The normalized spacial score (nSPS) is 15.2. The molecule has 2 nitrogen and oxygen atoms in total. The second-order valence-corrected chi connectivity index (χ2v) is 4.81. The molecule has 0 aromatic rings. The molecule has 0 heterocycles. The Morgan fingerprint density at radius 3 is 2.08 bits per heavy atom. The molecule has 0 amide bonds. The van der Waals surface area contributed by atoms with E-state index in [4.69, 9.17) is 5.11 Å². The molecule has 1 atom stereocenters. The predicted octanol–water partition coefficient (Wildman–Crippen LogP) is 1.80. The van der Waals surface area contributed by atoms with Crippen LogP contribution in [0.1, 0.15) is 40.5 Å². The molecule has 0 saturated heterocycles. The smallest absolute Gasteiger partial charge is 0.0548 e. The van der Waals surface area contributed by atoms with Crippen molar-refractivity contribution in [2.45, 2.75) is 46.6 Å². The summed E-state index contributed by atoms with van der Waals surface area (Å²) in [4.78, 5) is 0. The Hall–Kier alpha value is -0.0800. The van der Waals surface area contributed by atoms with Crippen LogP contribution >= 0.6 is 0 Å². The van der Waals surface area contributed by atoms with Gasteiger partial charge in [0.15, 0.2) is 0 Å². The van der Waals surface area contributed by atoms with Gasteiger partial charge in [-0.2, -0.15) is 0 Å². The van der Waals surface area contributed by atoms with Gasteiger partial charge in [0.1, 0.15) is 0 Å². The lowest BCUT2D eigenvalue weighted by Gasteiger charge is -2.25. The first-order chi connectivity index (χ1) is 5.37. The van der Waals surface area contributed by atoms with Gasteiger partial charge in [0.2, 0.25) is 0 Å². The first kappa shape index (κ1) is 11.9. The molecular formula is C10H22O2. The zero-order valence-corrected chi connectivity index (χ0v) is 8.67. The Morgan fingerprint density at radius 1 is 1.25 bits per heavy atom. The number of rotatable bonds is 5. The fourth-order valence-electron chi connectivity index (χ4n) is 1.33. The summed E-state index contributed by atoms with van der Waals surface area (Å²) < 4.78 is 0. The summed E-state index contributed by atoms with van der Waals surface area (Å²) in [7, 11) is 0. The Balaban J connectivity index is 3.75. The van der Waals surface area contributed by atoms with Gasteiger partial charge in [0.25, 0.3) is 0 Å². The van der Waals surface area contributed by atoms with Crippen molar-refractivity contribution in [1.29, 1.82) is 0 Å². The molecule has 0 aliphatic rings. The van der Waals surface area contributed by atoms with Gasteiger partial charge in [0, 0.05) is 6.61 Å². The average Bonchev–Trinajstić information content (AvgIpc) is 1.84. The monoisotopic (exact) mass is 174 g/mol. The number of aliphatic hydroxyl groups excluding tert-OH is 2. The van der Waals surface area contributed by atoms with Crippen LogP contribution in [-0.4, -0.2) is 22.9 Å². The van der Waals surface area contributed by atoms with Gasteiger partial charge in [-0.3, -0.25) is 0 Å². The molecule has 0 aromatic carbocycles. The van der Waals surface area contributed by atoms with Gasteiger partial charge >= 0.3 is 0 Å². The molecule has 0 fully saturated rings. The van der Waals surface area contributed by atoms with E-state index in [1.807, 2.05) is 13.8 Å². The minimum Gasteiger partial charge on any atom is -0.396 e. The van der Waals surface area contributed by atoms with Crippen LogP contribution in [0.5, 0.6) is 0 Å². The van der Waals surface area contributed by atoms with Gasteiger partial charge in [0.05, 0.1) is 6.10 Å². The maximum Gasteiger partial charge on any atom is 0.0548 e. The van der Waals surface area contributed by atoms with Crippen molar-refractivity contribution in [2.24, 2.45) is 11.3 Å². The number of hydrogen-bond donors (Lipinski definition) is 2. The molecule has 0 aliphatic carbocycles. The van der Waals surface area contributed by atoms with Crippen molar-refractivity contribution in [3.63, 3.8) is 0 Å². The standard InChI is InChI=1S/C10H22O2/c1-8(2)5-9(12)6-10(3,4)7-11/h8-9,11-12H,5-7H2,1-4H3.